The molecule has 0 unspecified atom stereocenters. The number of amides is 1. The first-order valence-corrected chi connectivity index (χ1v) is 6.88. The van der Waals surface area contributed by atoms with Crippen LogP contribution in [0.1, 0.15) is 11.1 Å². The number of carbonyl (C=O) groups is 1. The number of thiophene rings is 1. The molecule has 2 heterocycles. The summed E-state index contributed by atoms with van der Waals surface area (Å²) in [6, 6.07) is 10.1. The fraction of sp³-hybridized carbons (Fsp3) is 0.133. The molecule has 0 atom stereocenters. The Morgan fingerprint density at radius 2 is 2.17 bits per heavy atom. The molecule has 3 heteroatoms. The summed E-state index contributed by atoms with van der Waals surface area (Å²) in [6.07, 6.45) is 4.48. The van der Waals surface area contributed by atoms with E-state index in [9.17, 15) is 4.79 Å². The summed E-state index contributed by atoms with van der Waals surface area (Å²) < 4.78 is 0. The Hall–Kier alpha value is -1.87. The molecule has 1 aromatic carbocycles. The van der Waals surface area contributed by atoms with Crippen LogP contribution in [0.4, 0.5) is 5.69 Å². The SMILES string of the molecule is O=C(/C=C/c1ccsc1)N1CCc2ccccc21. The summed E-state index contributed by atoms with van der Waals surface area (Å²) in [5.74, 6) is 0.0613. The minimum Gasteiger partial charge on any atom is -0.308 e. The minimum atomic E-state index is 0.0613. The van der Waals surface area contributed by atoms with Crippen molar-refractivity contribution in [3.63, 3.8) is 0 Å². The van der Waals surface area contributed by atoms with Gasteiger partial charge in [-0.25, -0.2) is 0 Å². The van der Waals surface area contributed by atoms with E-state index in [1.165, 1.54) is 5.56 Å². The lowest BCUT2D eigenvalue weighted by Gasteiger charge is -2.14. The molecule has 0 fully saturated rings. The van der Waals surface area contributed by atoms with Crippen molar-refractivity contribution in [1.82, 2.24) is 0 Å². The van der Waals surface area contributed by atoms with Crippen LogP contribution < -0.4 is 4.90 Å². The van der Waals surface area contributed by atoms with Gasteiger partial charge in [-0.05, 0) is 46.5 Å². The van der Waals surface area contributed by atoms with Gasteiger partial charge in [0.2, 0.25) is 0 Å². The van der Waals surface area contributed by atoms with Gasteiger partial charge in [0.05, 0.1) is 0 Å². The minimum absolute atomic E-state index is 0.0613. The van der Waals surface area contributed by atoms with Crippen LogP contribution in [0.25, 0.3) is 6.08 Å². The predicted octanol–water partition coefficient (Wildman–Crippen LogP) is 3.35. The van der Waals surface area contributed by atoms with Gasteiger partial charge in [0.15, 0.2) is 0 Å². The highest BCUT2D eigenvalue weighted by Crippen LogP contribution is 2.27. The van der Waals surface area contributed by atoms with Crippen LogP contribution in [-0.2, 0) is 11.2 Å². The number of carbonyl (C=O) groups excluding carboxylic acids is 1. The highest BCUT2D eigenvalue weighted by Gasteiger charge is 2.22. The summed E-state index contributed by atoms with van der Waals surface area (Å²) in [7, 11) is 0. The Balaban J connectivity index is 1.79. The normalized spacial score (nSPS) is 14.1. The number of fused-ring (bicyclic) bond motifs is 1. The monoisotopic (exact) mass is 255 g/mol. The Kier molecular flexibility index (Phi) is 2.99. The topological polar surface area (TPSA) is 20.3 Å². The summed E-state index contributed by atoms with van der Waals surface area (Å²) in [5, 5.41) is 4.04. The van der Waals surface area contributed by atoms with Crippen molar-refractivity contribution in [3.05, 3.63) is 58.3 Å². The molecule has 0 aliphatic carbocycles. The molecule has 3 rings (SSSR count). The molecule has 2 nitrogen and oxygen atoms in total. The molecule has 0 N–H and O–H groups in total. The van der Waals surface area contributed by atoms with Crippen LogP contribution >= 0.6 is 11.3 Å². The second kappa shape index (κ2) is 4.78. The summed E-state index contributed by atoms with van der Waals surface area (Å²) in [5.41, 5.74) is 3.40. The van der Waals surface area contributed by atoms with Crippen LogP contribution in [0, 0.1) is 0 Å². The van der Waals surface area contributed by atoms with Gasteiger partial charge in [0.25, 0.3) is 5.91 Å². The van der Waals surface area contributed by atoms with Gasteiger partial charge in [-0.3, -0.25) is 4.79 Å². The van der Waals surface area contributed by atoms with Crippen LogP contribution in [0.2, 0.25) is 0 Å². The second-order valence-electron chi connectivity index (χ2n) is 4.26. The van der Waals surface area contributed by atoms with E-state index in [1.54, 1.807) is 17.4 Å². The van der Waals surface area contributed by atoms with Gasteiger partial charge in [0.1, 0.15) is 0 Å². The first kappa shape index (κ1) is 11.2. The van der Waals surface area contributed by atoms with E-state index in [-0.39, 0.29) is 5.91 Å². The third-order valence-electron chi connectivity index (χ3n) is 3.11. The van der Waals surface area contributed by atoms with Crippen molar-refractivity contribution < 1.29 is 4.79 Å². The molecule has 1 amide bonds. The molecule has 0 bridgehead atoms. The van der Waals surface area contributed by atoms with Gasteiger partial charge in [0, 0.05) is 18.3 Å². The molecular formula is C15H13NOS. The maximum atomic E-state index is 12.1. The number of anilines is 1. The van der Waals surface area contributed by atoms with Crippen molar-refractivity contribution in [2.75, 3.05) is 11.4 Å². The van der Waals surface area contributed by atoms with E-state index in [0.717, 1.165) is 24.2 Å². The lowest BCUT2D eigenvalue weighted by atomic mass is 10.2. The Labute approximate surface area is 110 Å². The molecule has 1 aliphatic heterocycles. The molecule has 0 radical (unpaired) electrons. The first-order valence-electron chi connectivity index (χ1n) is 5.94. The van der Waals surface area contributed by atoms with E-state index < -0.39 is 0 Å². The van der Waals surface area contributed by atoms with Crippen molar-refractivity contribution in [2.24, 2.45) is 0 Å². The fourth-order valence-corrected chi connectivity index (χ4v) is 2.82. The maximum Gasteiger partial charge on any atom is 0.251 e. The Morgan fingerprint density at radius 1 is 1.28 bits per heavy atom. The van der Waals surface area contributed by atoms with Gasteiger partial charge in [-0.2, -0.15) is 11.3 Å². The van der Waals surface area contributed by atoms with Crippen LogP contribution in [0.3, 0.4) is 0 Å². The van der Waals surface area contributed by atoms with E-state index in [1.807, 2.05) is 46.0 Å². The van der Waals surface area contributed by atoms with E-state index in [0.29, 0.717) is 0 Å². The van der Waals surface area contributed by atoms with Crippen LogP contribution in [-0.4, -0.2) is 12.5 Å². The quantitative estimate of drug-likeness (QED) is 0.754. The van der Waals surface area contributed by atoms with Gasteiger partial charge < -0.3 is 4.90 Å². The van der Waals surface area contributed by atoms with Crippen molar-refractivity contribution >= 4 is 29.0 Å². The number of benzene rings is 1. The van der Waals surface area contributed by atoms with E-state index in [4.69, 9.17) is 0 Å². The highest BCUT2D eigenvalue weighted by atomic mass is 32.1. The van der Waals surface area contributed by atoms with Crippen molar-refractivity contribution in [1.29, 1.82) is 0 Å². The summed E-state index contributed by atoms with van der Waals surface area (Å²) in [6.45, 7) is 0.784. The van der Waals surface area contributed by atoms with Gasteiger partial charge >= 0.3 is 0 Å². The molecular weight excluding hydrogens is 242 g/mol. The average molecular weight is 255 g/mol. The molecule has 0 spiro atoms. The standard InChI is InChI=1S/C15H13NOS/c17-15(6-5-12-8-10-18-11-12)16-9-7-13-3-1-2-4-14(13)16/h1-6,8,10-11H,7,9H2/b6-5+. The number of rotatable bonds is 2. The van der Waals surface area contributed by atoms with E-state index >= 15 is 0 Å². The van der Waals surface area contributed by atoms with E-state index in [2.05, 4.69) is 6.07 Å². The third-order valence-corrected chi connectivity index (χ3v) is 3.82. The molecule has 1 aliphatic rings. The van der Waals surface area contributed by atoms with Gasteiger partial charge in [-0.1, -0.05) is 18.2 Å². The predicted molar refractivity (Wildman–Crippen MR) is 75.9 cm³/mol. The average Bonchev–Trinajstić information content (AvgIpc) is 3.05. The van der Waals surface area contributed by atoms with Crippen LogP contribution in [0.15, 0.2) is 47.2 Å². The molecule has 2 aromatic rings. The number of para-hydroxylation sites is 1. The molecule has 0 saturated heterocycles. The van der Waals surface area contributed by atoms with Crippen molar-refractivity contribution in [2.45, 2.75) is 6.42 Å². The molecule has 0 saturated carbocycles. The first-order chi connectivity index (χ1) is 8.84. The lowest BCUT2D eigenvalue weighted by Crippen LogP contribution is -2.26. The molecule has 18 heavy (non-hydrogen) atoms. The Morgan fingerprint density at radius 3 is 3.00 bits per heavy atom. The number of nitrogens with zero attached hydrogens (tertiary/aromatic N) is 1. The second-order valence-corrected chi connectivity index (χ2v) is 5.04. The number of hydrogen-bond acceptors (Lipinski definition) is 2. The molecule has 1 aromatic heterocycles. The maximum absolute atomic E-state index is 12.1. The largest absolute Gasteiger partial charge is 0.308 e. The third kappa shape index (κ3) is 2.09. The zero-order valence-electron chi connectivity index (χ0n) is 9.87. The smallest absolute Gasteiger partial charge is 0.251 e. The lowest BCUT2D eigenvalue weighted by molar-refractivity contribution is -0.114. The van der Waals surface area contributed by atoms with Crippen molar-refractivity contribution in [3.8, 4) is 0 Å². The van der Waals surface area contributed by atoms with Gasteiger partial charge in [-0.15, -0.1) is 0 Å². The molecule has 90 valence electrons. The highest BCUT2D eigenvalue weighted by molar-refractivity contribution is 7.08. The summed E-state index contributed by atoms with van der Waals surface area (Å²) >= 11 is 1.64. The number of hydrogen-bond donors (Lipinski definition) is 0. The van der Waals surface area contributed by atoms with Crippen LogP contribution in [0.5, 0.6) is 0 Å². The Bertz CT molecular complexity index is 586. The fourth-order valence-electron chi connectivity index (χ4n) is 2.19. The summed E-state index contributed by atoms with van der Waals surface area (Å²) in [4.78, 5) is 14.0. The zero-order valence-corrected chi connectivity index (χ0v) is 10.7. The zero-order chi connectivity index (χ0) is 12.4.